The molecule has 0 spiro atoms. The molecule has 0 aliphatic heterocycles. The Labute approximate surface area is 353 Å². The second kappa shape index (κ2) is 43.0. The van der Waals surface area contributed by atoms with Crippen molar-refractivity contribution < 1.29 is 47.8 Å². The highest BCUT2D eigenvalue weighted by atomic mass is 31.2. The molecule has 0 amide bonds. The third kappa shape index (κ3) is 42.1. The van der Waals surface area contributed by atoms with E-state index >= 15 is 0 Å². The first-order valence-corrected chi connectivity index (χ1v) is 24.6. The molecule has 58 heavy (non-hydrogen) atoms. The van der Waals surface area contributed by atoms with Crippen LogP contribution in [0.3, 0.4) is 0 Å². The summed E-state index contributed by atoms with van der Waals surface area (Å²) in [6.45, 7) is 2.30. The van der Waals surface area contributed by atoms with Gasteiger partial charge in [0.15, 0.2) is 6.10 Å². The number of aliphatic hydroxyl groups is 2. The van der Waals surface area contributed by atoms with Gasteiger partial charge >= 0.3 is 19.8 Å². The molecule has 0 fully saturated rings. The maximum absolute atomic E-state index is 12.6. The maximum atomic E-state index is 12.6. The molecular formula is C47H85O10P. The van der Waals surface area contributed by atoms with E-state index < -0.39 is 51.8 Å². The van der Waals surface area contributed by atoms with Gasteiger partial charge in [0, 0.05) is 12.8 Å². The summed E-state index contributed by atoms with van der Waals surface area (Å²) in [4.78, 5) is 35.0. The van der Waals surface area contributed by atoms with Gasteiger partial charge in [-0.15, -0.1) is 0 Å². The number of hydrogen-bond acceptors (Lipinski definition) is 9. The van der Waals surface area contributed by atoms with E-state index in [9.17, 15) is 24.2 Å². The van der Waals surface area contributed by atoms with E-state index in [4.69, 9.17) is 19.1 Å². The highest BCUT2D eigenvalue weighted by Crippen LogP contribution is 2.43. The molecule has 0 heterocycles. The summed E-state index contributed by atoms with van der Waals surface area (Å²) in [6.07, 6.45) is 46.7. The summed E-state index contributed by atoms with van der Waals surface area (Å²) in [6, 6.07) is 0. The average molecular weight is 841 g/mol. The summed E-state index contributed by atoms with van der Waals surface area (Å²) in [5.41, 5.74) is 0. The molecule has 3 N–H and O–H groups in total. The Morgan fingerprint density at radius 2 is 0.931 bits per heavy atom. The third-order valence-electron chi connectivity index (χ3n) is 9.72. The van der Waals surface area contributed by atoms with Gasteiger partial charge < -0.3 is 24.6 Å². The van der Waals surface area contributed by atoms with Crippen LogP contribution in [0.15, 0.2) is 48.6 Å². The zero-order valence-electron chi connectivity index (χ0n) is 36.8. The number of aliphatic hydroxyl groups excluding tert-OH is 2. The molecule has 0 saturated carbocycles. The summed E-state index contributed by atoms with van der Waals surface area (Å²) in [7, 11) is -4.63. The van der Waals surface area contributed by atoms with Gasteiger partial charge in [-0.2, -0.15) is 0 Å². The van der Waals surface area contributed by atoms with E-state index in [1.54, 1.807) is 0 Å². The SMILES string of the molecule is CCCCCCCC/C=C/C/C=C/CCC(=O)OC(COC(=O)CCCCCCCCC/C=C/C/C=C/CCCCCCCCCC)COP(=O)(O)OC[C@H](O)CO. The summed E-state index contributed by atoms with van der Waals surface area (Å²) in [5, 5.41) is 18.3. The first-order chi connectivity index (χ1) is 28.2. The number of hydrogen-bond donors (Lipinski definition) is 3. The minimum absolute atomic E-state index is 0.0756. The van der Waals surface area contributed by atoms with Crippen molar-refractivity contribution in [2.45, 2.75) is 212 Å². The Morgan fingerprint density at radius 1 is 0.517 bits per heavy atom. The second-order valence-corrected chi connectivity index (χ2v) is 16.9. The van der Waals surface area contributed by atoms with Gasteiger partial charge in [-0.25, -0.2) is 4.57 Å². The molecule has 338 valence electrons. The largest absolute Gasteiger partial charge is 0.472 e. The second-order valence-electron chi connectivity index (χ2n) is 15.4. The Morgan fingerprint density at radius 3 is 1.40 bits per heavy atom. The fourth-order valence-corrected chi connectivity index (χ4v) is 6.92. The lowest BCUT2D eigenvalue weighted by Gasteiger charge is -2.20. The van der Waals surface area contributed by atoms with Crippen LogP contribution in [-0.4, -0.2) is 65.7 Å². The van der Waals surface area contributed by atoms with Gasteiger partial charge in [0.1, 0.15) is 12.7 Å². The number of carbonyl (C=O) groups is 2. The molecule has 2 unspecified atom stereocenters. The predicted molar refractivity (Wildman–Crippen MR) is 237 cm³/mol. The van der Waals surface area contributed by atoms with Crippen LogP contribution in [-0.2, 0) is 32.7 Å². The van der Waals surface area contributed by atoms with Crippen LogP contribution in [0.5, 0.6) is 0 Å². The van der Waals surface area contributed by atoms with Crippen molar-refractivity contribution in [1.82, 2.24) is 0 Å². The first-order valence-electron chi connectivity index (χ1n) is 23.1. The molecule has 10 nitrogen and oxygen atoms in total. The van der Waals surface area contributed by atoms with Crippen LogP contribution in [0.25, 0.3) is 0 Å². The third-order valence-corrected chi connectivity index (χ3v) is 10.7. The highest BCUT2D eigenvalue weighted by Gasteiger charge is 2.27. The molecule has 0 saturated heterocycles. The van der Waals surface area contributed by atoms with Crippen molar-refractivity contribution in [3.05, 3.63) is 48.6 Å². The van der Waals surface area contributed by atoms with Gasteiger partial charge in [-0.05, 0) is 64.2 Å². The molecule has 3 atom stereocenters. The molecular weight excluding hydrogens is 755 g/mol. The number of phosphoric ester groups is 1. The van der Waals surface area contributed by atoms with Gasteiger partial charge in [0.25, 0.3) is 0 Å². The molecule has 0 rings (SSSR count). The number of ether oxygens (including phenoxy) is 2. The zero-order chi connectivity index (χ0) is 42.6. The predicted octanol–water partition coefficient (Wildman–Crippen LogP) is 12.5. The number of carbonyl (C=O) groups excluding carboxylic acids is 2. The number of rotatable bonds is 43. The fraction of sp³-hybridized carbons (Fsp3) is 0.787. The van der Waals surface area contributed by atoms with Gasteiger partial charge in [-0.1, -0.05) is 172 Å². The molecule has 0 aromatic heterocycles. The average Bonchev–Trinajstić information content (AvgIpc) is 3.21. The van der Waals surface area contributed by atoms with Gasteiger partial charge in [0.05, 0.1) is 19.8 Å². The highest BCUT2D eigenvalue weighted by molar-refractivity contribution is 7.47. The van der Waals surface area contributed by atoms with E-state index in [1.807, 2.05) is 12.2 Å². The van der Waals surface area contributed by atoms with E-state index in [2.05, 4.69) is 54.8 Å². The summed E-state index contributed by atoms with van der Waals surface area (Å²) >= 11 is 0. The van der Waals surface area contributed by atoms with Crippen LogP contribution in [0.2, 0.25) is 0 Å². The zero-order valence-corrected chi connectivity index (χ0v) is 37.6. The van der Waals surface area contributed by atoms with Crippen LogP contribution in [0, 0.1) is 0 Å². The van der Waals surface area contributed by atoms with E-state index in [-0.39, 0.29) is 19.4 Å². The molecule has 0 aromatic carbocycles. The van der Waals surface area contributed by atoms with Crippen molar-refractivity contribution in [3.63, 3.8) is 0 Å². The quantitative estimate of drug-likeness (QED) is 0.0234. The van der Waals surface area contributed by atoms with Crippen molar-refractivity contribution >= 4 is 19.8 Å². The molecule has 11 heteroatoms. The smallest absolute Gasteiger partial charge is 0.462 e. The number of esters is 2. The maximum Gasteiger partial charge on any atom is 0.472 e. The minimum atomic E-state index is -4.63. The van der Waals surface area contributed by atoms with Crippen molar-refractivity contribution in [2.75, 3.05) is 26.4 Å². The number of phosphoric acid groups is 1. The summed E-state index contributed by atoms with van der Waals surface area (Å²) < 4.78 is 32.6. The normalized spacial score (nSPS) is 14.2. The van der Waals surface area contributed by atoms with Crippen molar-refractivity contribution in [2.24, 2.45) is 0 Å². The molecule has 0 aromatic rings. The lowest BCUT2D eigenvalue weighted by Crippen LogP contribution is -2.29. The van der Waals surface area contributed by atoms with Crippen LogP contribution >= 0.6 is 7.82 Å². The lowest BCUT2D eigenvalue weighted by atomic mass is 10.1. The standard InChI is InChI=1S/C47H85O10P/c1-3-5-7-9-11-13-15-17-18-19-20-21-22-23-24-25-27-28-30-32-34-36-38-46(50)54-42-45(43-56-58(52,53)55-41-44(49)40-48)57-47(51)39-37-35-33-31-29-26-16-14-12-10-8-6-4-2/h19-20,22-23,26,29,33,35,44-45,48-49H,3-18,21,24-25,27-28,30-32,34,36-43H2,1-2H3,(H,52,53)/b20-19+,23-22+,29-26+,35-33+/t44-,45?/m1/s1. The Hall–Kier alpha value is -2.07. The fourth-order valence-electron chi connectivity index (χ4n) is 6.14. The number of allylic oxidation sites excluding steroid dienone is 8. The van der Waals surface area contributed by atoms with Crippen molar-refractivity contribution in [3.8, 4) is 0 Å². The molecule has 0 aliphatic carbocycles. The summed E-state index contributed by atoms with van der Waals surface area (Å²) in [5.74, 6) is -1.01. The van der Waals surface area contributed by atoms with Gasteiger partial charge in [0.2, 0.25) is 0 Å². The van der Waals surface area contributed by atoms with Crippen LogP contribution in [0.1, 0.15) is 200 Å². The Balaban J connectivity index is 4.27. The van der Waals surface area contributed by atoms with Gasteiger partial charge in [-0.3, -0.25) is 18.6 Å². The topological polar surface area (TPSA) is 149 Å². The molecule has 0 aliphatic rings. The van der Waals surface area contributed by atoms with E-state index in [0.29, 0.717) is 12.8 Å². The minimum Gasteiger partial charge on any atom is -0.462 e. The molecule has 0 bridgehead atoms. The first kappa shape index (κ1) is 55.9. The van der Waals surface area contributed by atoms with Crippen molar-refractivity contribution in [1.29, 1.82) is 0 Å². The Kier molecular flexibility index (Phi) is 41.5. The van der Waals surface area contributed by atoms with Crippen LogP contribution in [0.4, 0.5) is 0 Å². The van der Waals surface area contributed by atoms with E-state index in [1.165, 1.54) is 116 Å². The Bertz CT molecular complexity index is 1110. The van der Waals surface area contributed by atoms with E-state index in [0.717, 1.165) is 44.9 Å². The lowest BCUT2D eigenvalue weighted by molar-refractivity contribution is -0.161. The monoisotopic (exact) mass is 841 g/mol. The number of unbranched alkanes of at least 4 members (excludes halogenated alkanes) is 21. The molecule has 0 radical (unpaired) electrons. The van der Waals surface area contributed by atoms with Crippen LogP contribution < -0.4 is 0 Å².